The molecule has 164 valence electrons. The second kappa shape index (κ2) is 8.14. The van der Waals surface area contributed by atoms with Crippen LogP contribution in [0.15, 0.2) is 41.4 Å². The van der Waals surface area contributed by atoms with Gasteiger partial charge in [-0.3, -0.25) is 4.79 Å². The van der Waals surface area contributed by atoms with Gasteiger partial charge in [0, 0.05) is 26.8 Å². The fraction of sp³-hybridized carbons (Fsp3) is 0.368. The normalized spacial score (nSPS) is 19.2. The Hall–Kier alpha value is -3.20. The molecule has 0 aliphatic carbocycles. The minimum Gasteiger partial charge on any atom is -0.347 e. The van der Waals surface area contributed by atoms with Gasteiger partial charge in [0.15, 0.2) is 9.84 Å². The molecule has 1 aromatic heterocycles. The summed E-state index contributed by atoms with van der Waals surface area (Å²) in [7, 11) is -1.47. The van der Waals surface area contributed by atoms with E-state index in [1.807, 2.05) is 0 Å². The molecule has 0 unspecified atom stereocenters. The number of hydrogen-bond acceptors (Lipinski definition) is 7. The first-order valence-corrected chi connectivity index (χ1v) is 10.6. The molecule has 3 rings (SSSR count). The van der Waals surface area contributed by atoms with Crippen molar-refractivity contribution in [3.8, 4) is 6.07 Å². The zero-order valence-electron chi connectivity index (χ0n) is 16.5. The number of nitrogens with zero attached hydrogens (tertiary/aromatic N) is 5. The molecule has 2 atom stereocenters. The van der Waals surface area contributed by atoms with Crippen LogP contribution in [0.1, 0.15) is 17.8 Å². The number of halogens is 3. The van der Waals surface area contributed by atoms with Gasteiger partial charge in [-0.1, -0.05) is 12.1 Å². The van der Waals surface area contributed by atoms with E-state index in [1.165, 1.54) is 42.2 Å². The minimum atomic E-state index is -4.85. The second-order valence-corrected chi connectivity index (χ2v) is 9.34. The van der Waals surface area contributed by atoms with Crippen molar-refractivity contribution in [3.05, 3.63) is 47.9 Å². The summed E-state index contributed by atoms with van der Waals surface area (Å²) in [5.41, 5.74) is -1.25. The van der Waals surface area contributed by atoms with Gasteiger partial charge in [-0.15, -0.1) is 0 Å². The van der Waals surface area contributed by atoms with E-state index in [2.05, 4.69) is 9.97 Å². The largest absolute Gasteiger partial charge is 0.417 e. The lowest BCUT2D eigenvalue weighted by Gasteiger charge is -2.26. The lowest BCUT2D eigenvalue weighted by Crippen LogP contribution is -2.43. The van der Waals surface area contributed by atoms with Crippen molar-refractivity contribution in [1.29, 1.82) is 5.26 Å². The molecule has 31 heavy (non-hydrogen) atoms. The SMILES string of the molecule is CN(C)C(=O)[C@@H]1C[C@H](S(=O)(=O)c2ccccc2C(F)(F)F)CN1c1ccnc(C#N)n1. The van der Waals surface area contributed by atoms with Gasteiger partial charge in [0.25, 0.3) is 0 Å². The molecule has 1 aromatic carbocycles. The van der Waals surface area contributed by atoms with Crippen molar-refractivity contribution >= 4 is 21.6 Å². The first kappa shape index (κ1) is 22.5. The van der Waals surface area contributed by atoms with Crippen LogP contribution in [0.4, 0.5) is 19.0 Å². The molecule has 0 spiro atoms. The monoisotopic (exact) mass is 453 g/mol. The van der Waals surface area contributed by atoms with Crippen molar-refractivity contribution < 1.29 is 26.4 Å². The Kier molecular flexibility index (Phi) is 5.91. The fourth-order valence-electron chi connectivity index (χ4n) is 3.50. The van der Waals surface area contributed by atoms with Gasteiger partial charge in [0.1, 0.15) is 17.9 Å². The molecule has 1 saturated heterocycles. The number of likely N-dealkylation sites (N-methyl/N-ethyl adjacent to an activating group) is 1. The average molecular weight is 453 g/mol. The molecular formula is C19H18F3N5O3S. The number of hydrogen-bond donors (Lipinski definition) is 0. The number of alkyl halides is 3. The molecule has 0 bridgehead atoms. The van der Waals surface area contributed by atoms with Crippen molar-refractivity contribution in [3.63, 3.8) is 0 Å². The number of carbonyl (C=O) groups is 1. The molecule has 1 aliphatic rings. The summed E-state index contributed by atoms with van der Waals surface area (Å²) in [6, 6.07) is 6.17. The molecule has 2 aromatic rings. The Morgan fingerprint density at radius 2 is 1.94 bits per heavy atom. The van der Waals surface area contributed by atoms with Crippen LogP contribution in [-0.4, -0.2) is 61.1 Å². The highest BCUT2D eigenvalue weighted by molar-refractivity contribution is 7.92. The van der Waals surface area contributed by atoms with Crippen molar-refractivity contribution in [2.24, 2.45) is 0 Å². The minimum absolute atomic E-state index is 0.147. The summed E-state index contributed by atoms with van der Waals surface area (Å²) >= 11 is 0. The molecule has 8 nitrogen and oxygen atoms in total. The smallest absolute Gasteiger partial charge is 0.347 e. The van der Waals surface area contributed by atoms with E-state index in [0.717, 1.165) is 12.1 Å². The van der Waals surface area contributed by atoms with Crippen LogP contribution in [0, 0.1) is 11.3 Å². The van der Waals surface area contributed by atoms with E-state index in [0.29, 0.717) is 6.07 Å². The number of amides is 1. The quantitative estimate of drug-likeness (QED) is 0.696. The van der Waals surface area contributed by atoms with Gasteiger partial charge in [-0.2, -0.15) is 18.4 Å². The number of anilines is 1. The van der Waals surface area contributed by atoms with Crippen molar-refractivity contribution in [1.82, 2.24) is 14.9 Å². The fourth-order valence-corrected chi connectivity index (χ4v) is 5.41. The maximum atomic E-state index is 13.4. The number of rotatable bonds is 4. The summed E-state index contributed by atoms with van der Waals surface area (Å²) in [6.45, 7) is -0.263. The van der Waals surface area contributed by atoms with Crippen LogP contribution >= 0.6 is 0 Å². The second-order valence-electron chi connectivity index (χ2n) is 7.15. The van der Waals surface area contributed by atoms with Crippen LogP contribution in [0.5, 0.6) is 0 Å². The van der Waals surface area contributed by atoms with Crippen molar-refractivity contribution in [2.75, 3.05) is 25.5 Å². The third-order valence-corrected chi connectivity index (χ3v) is 7.15. The molecule has 1 amide bonds. The van der Waals surface area contributed by atoms with Gasteiger partial charge in [-0.05, 0) is 24.6 Å². The van der Waals surface area contributed by atoms with E-state index in [1.54, 1.807) is 6.07 Å². The summed E-state index contributed by atoms with van der Waals surface area (Å²) in [4.78, 5) is 22.3. The molecule has 0 radical (unpaired) electrons. The number of nitriles is 1. The summed E-state index contributed by atoms with van der Waals surface area (Å²) in [6.07, 6.45) is -3.79. The van der Waals surface area contributed by atoms with Crippen LogP contribution in [0.2, 0.25) is 0 Å². The van der Waals surface area contributed by atoms with E-state index in [9.17, 15) is 26.4 Å². The Morgan fingerprint density at radius 1 is 1.26 bits per heavy atom. The Labute approximate surface area is 176 Å². The number of aromatic nitrogens is 2. The highest BCUT2D eigenvalue weighted by Crippen LogP contribution is 2.38. The molecule has 2 heterocycles. The van der Waals surface area contributed by atoms with E-state index < -0.39 is 43.7 Å². The van der Waals surface area contributed by atoms with Crippen LogP contribution in [0.3, 0.4) is 0 Å². The Morgan fingerprint density at radius 3 is 2.55 bits per heavy atom. The Balaban J connectivity index is 2.06. The van der Waals surface area contributed by atoms with Gasteiger partial charge in [0.05, 0.1) is 15.7 Å². The maximum Gasteiger partial charge on any atom is 0.417 e. The molecule has 0 N–H and O–H groups in total. The molecule has 0 saturated carbocycles. The molecule has 12 heteroatoms. The molecular weight excluding hydrogens is 435 g/mol. The van der Waals surface area contributed by atoms with Gasteiger partial charge in [0.2, 0.25) is 11.7 Å². The van der Waals surface area contributed by atoms with Crippen LogP contribution in [0.25, 0.3) is 0 Å². The first-order chi connectivity index (χ1) is 14.5. The predicted molar refractivity (Wildman–Crippen MR) is 104 cm³/mol. The maximum absolute atomic E-state index is 13.4. The Bertz CT molecular complexity index is 1140. The molecule has 1 fully saturated rings. The third-order valence-electron chi connectivity index (χ3n) is 4.96. The highest BCUT2D eigenvalue weighted by atomic mass is 32.2. The summed E-state index contributed by atoms with van der Waals surface area (Å²) in [5.74, 6) is -0.463. The van der Waals surface area contributed by atoms with Crippen LogP contribution in [-0.2, 0) is 20.8 Å². The first-order valence-electron chi connectivity index (χ1n) is 9.08. The standard InChI is InChI=1S/C19H18F3N5O3S/c1-26(2)18(28)14-9-12(11-27(14)17-7-8-24-16(10-23)25-17)31(29,30)15-6-4-3-5-13(15)19(20,21)22/h3-8,12,14H,9,11H2,1-2H3/t12-,14-/m0/s1. The van der Waals surface area contributed by atoms with Gasteiger partial charge < -0.3 is 9.80 Å². The van der Waals surface area contributed by atoms with E-state index in [-0.39, 0.29) is 24.6 Å². The van der Waals surface area contributed by atoms with E-state index in [4.69, 9.17) is 5.26 Å². The highest BCUT2D eigenvalue weighted by Gasteiger charge is 2.47. The topological polar surface area (TPSA) is 107 Å². The lowest BCUT2D eigenvalue weighted by molar-refractivity contribution is -0.140. The zero-order valence-corrected chi connectivity index (χ0v) is 17.4. The third kappa shape index (κ3) is 4.32. The van der Waals surface area contributed by atoms with Crippen molar-refractivity contribution in [2.45, 2.75) is 28.8 Å². The van der Waals surface area contributed by atoms with Crippen LogP contribution < -0.4 is 4.90 Å². The van der Waals surface area contributed by atoms with E-state index >= 15 is 0 Å². The lowest BCUT2D eigenvalue weighted by atomic mass is 10.2. The number of benzene rings is 1. The molecule has 1 aliphatic heterocycles. The van der Waals surface area contributed by atoms with Gasteiger partial charge in [-0.25, -0.2) is 18.4 Å². The zero-order chi connectivity index (χ0) is 23.0. The number of carbonyl (C=O) groups excluding carboxylic acids is 1. The van der Waals surface area contributed by atoms with Gasteiger partial charge >= 0.3 is 6.18 Å². The average Bonchev–Trinajstić information content (AvgIpc) is 3.18. The predicted octanol–water partition coefficient (Wildman–Crippen LogP) is 1.88. The summed E-state index contributed by atoms with van der Waals surface area (Å²) < 4.78 is 66.7. The number of sulfone groups is 1. The summed E-state index contributed by atoms with van der Waals surface area (Å²) in [5, 5.41) is 7.75.